The van der Waals surface area contributed by atoms with Gasteiger partial charge in [-0.2, -0.15) is 0 Å². The van der Waals surface area contributed by atoms with E-state index in [-0.39, 0.29) is 5.69 Å². The van der Waals surface area contributed by atoms with Crippen molar-refractivity contribution in [3.63, 3.8) is 0 Å². The van der Waals surface area contributed by atoms with Crippen molar-refractivity contribution < 1.29 is 14.5 Å². The van der Waals surface area contributed by atoms with Crippen LogP contribution in [0.4, 0.5) is 5.69 Å². The molecule has 2 rings (SSSR count). The van der Waals surface area contributed by atoms with E-state index in [1.54, 1.807) is 18.2 Å². The van der Waals surface area contributed by atoms with Crippen LogP contribution >= 0.6 is 23.2 Å². The fourth-order valence-electron chi connectivity index (χ4n) is 2.06. The zero-order valence-corrected chi connectivity index (χ0v) is 13.0. The Labute approximate surface area is 136 Å². The molecular formula is C15H11Cl2NO4. The zero-order chi connectivity index (χ0) is 16.3. The molecule has 0 aliphatic rings. The van der Waals surface area contributed by atoms with Crippen molar-refractivity contribution in [2.45, 2.75) is 5.92 Å². The number of benzene rings is 2. The van der Waals surface area contributed by atoms with Crippen LogP contribution in [-0.2, 0) is 9.53 Å². The predicted octanol–water partition coefficient (Wildman–Crippen LogP) is 4.21. The second-order valence-electron chi connectivity index (χ2n) is 4.48. The maximum Gasteiger partial charge on any atom is 0.317 e. The minimum atomic E-state index is -0.736. The number of rotatable bonds is 4. The molecule has 1 atom stereocenters. The van der Waals surface area contributed by atoms with Crippen molar-refractivity contribution in [3.8, 4) is 0 Å². The molecule has 2 aromatic carbocycles. The van der Waals surface area contributed by atoms with E-state index in [0.29, 0.717) is 21.2 Å². The van der Waals surface area contributed by atoms with Gasteiger partial charge in [-0.1, -0.05) is 41.4 Å². The summed E-state index contributed by atoms with van der Waals surface area (Å²) >= 11 is 11.9. The topological polar surface area (TPSA) is 69.4 Å². The van der Waals surface area contributed by atoms with E-state index in [0.717, 1.165) is 0 Å². The quantitative estimate of drug-likeness (QED) is 0.475. The van der Waals surface area contributed by atoms with Gasteiger partial charge in [0, 0.05) is 12.1 Å². The van der Waals surface area contributed by atoms with Gasteiger partial charge >= 0.3 is 5.97 Å². The summed E-state index contributed by atoms with van der Waals surface area (Å²) in [5, 5.41) is 11.4. The van der Waals surface area contributed by atoms with Crippen molar-refractivity contribution >= 4 is 34.9 Å². The number of carbonyl (C=O) groups excluding carboxylic acids is 1. The number of hydrogen-bond donors (Lipinski definition) is 0. The number of nitro groups is 1. The molecule has 0 heterocycles. The summed E-state index contributed by atoms with van der Waals surface area (Å²) in [6, 6.07) is 10.5. The molecule has 0 fully saturated rings. The third kappa shape index (κ3) is 3.37. The van der Waals surface area contributed by atoms with Crippen LogP contribution in [0.5, 0.6) is 0 Å². The summed E-state index contributed by atoms with van der Waals surface area (Å²) in [7, 11) is 1.28. The number of ether oxygens (including phenoxy) is 1. The highest BCUT2D eigenvalue weighted by Crippen LogP contribution is 2.32. The summed E-state index contributed by atoms with van der Waals surface area (Å²) in [5.41, 5.74) is 1.10. The van der Waals surface area contributed by atoms with Crippen LogP contribution in [0.15, 0.2) is 42.5 Å². The van der Waals surface area contributed by atoms with Crippen LogP contribution in [0.2, 0.25) is 10.0 Å². The molecule has 22 heavy (non-hydrogen) atoms. The van der Waals surface area contributed by atoms with Gasteiger partial charge < -0.3 is 4.74 Å². The van der Waals surface area contributed by atoms with Crippen molar-refractivity contribution in [1.82, 2.24) is 0 Å². The smallest absolute Gasteiger partial charge is 0.317 e. The molecule has 5 nitrogen and oxygen atoms in total. The average molecular weight is 340 g/mol. The fourth-order valence-corrected chi connectivity index (χ4v) is 2.37. The first kappa shape index (κ1) is 16.3. The van der Waals surface area contributed by atoms with Crippen LogP contribution in [0.25, 0.3) is 0 Å². The van der Waals surface area contributed by atoms with Gasteiger partial charge in [0.25, 0.3) is 5.69 Å². The van der Waals surface area contributed by atoms with Crippen molar-refractivity contribution in [2.24, 2.45) is 0 Å². The third-order valence-corrected chi connectivity index (χ3v) is 3.89. The highest BCUT2D eigenvalue weighted by molar-refractivity contribution is 6.42. The fraction of sp³-hybridized carbons (Fsp3) is 0.133. The van der Waals surface area contributed by atoms with Gasteiger partial charge in [-0.3, -0.25) is 14.9 Å². The number of esters is 1. The van der Waals surface area contributed by atoms with E-state index in [1.807, 2.05) is 0 Å². The number of halogens is 2. The Kier molecular flexibility index (Phi) is 5.00. The second-order valence-corrected chi connectivity index (χ2v) is 5.29. The van der Waals surface area contributed by atoms with Crippen molar-refractivity contribution in [1.29, 1.82) is 0 Å². The highest BCUT2D eigenvalue weighted by Gasteiger charge is 2.25. The first-order chi connectivity index (χ1) is 10.4. The summed E-state index contributed by atoms with van der Waals surface area (Å²) in [5.74, 6) is -1.23. The molecule has 2 aromatic rings. The van der Waals surface area contributed by atoms with E-state index >= 15 is 0 Å². The van der Waals surface area contributed by atoms with E-state index in [4.69, 9.17) is 27.9 Å². The highest BCUT2D eigenvalue weighted by atomic mass is 35.5. The second kappa shape index (κ2) is 6.77. The van der Waals surface area contributed by atoms with Crippen molar-refractivity contribution in [3.05, 3.63) is 73.8 Å². The number of hydrogen-bond acceptors (Lipinski definition) is 4. The van der Waals surface area contributed by atoms with E-state index in [9.17, 15) is 14.9 Å². The molecule has 1 unspecified atom stereocenters. The first-order valence-electron chi connectivity index (χ1n) is 6.21. The average Bonchev–Trinajstić information content (AvgIpc) is 2.51. The SMILES string of the molecule is COC(=O)C(c1ccc([N+](=O)[O-])cc1)c1ccc(Cl)c(Cl)c1. The van der Waals surface area contributed by atoms with Gasteiger partial charge in [0.05, 0.1) is 22.1 Å². The molecule has 0 saturated carbocycles. The predicted molar refractivity (Wildman–Crippen MR) is 83.4 cm³/mol. The Morgan fingerprint density at radius 2 is 1.68 bits per heavy atom. The Hall–Kier alpha value is -2.11. The third-order valence-electron chi connectivity index (χ3n) is 3.15. The van der Waals surface area contributed by atoms with Crippen LogP contribution in [0.1, 0.15) is 17.0 Å². The summed E-state index contributed by atoms with van der Waals surface area (Å²) in [6.07, 6.45) is 0. The number of non-ortho nitro benzene ring substituents is 1. The lowest BCUT2D eigenvalue weighted by molar-refractivity contribution is -0.384. The summed E-state index contributed by atoms with van der Waals surface area (Å²) in [4.78, 5) is 22.3. The number of nitrogens with zero attached hydrogens (tertiary/aromatic N) is 1. The lowest BCUT2D eigenvalue weighted by atomic mass is 9.91. The molecule has 7 heteroatoms. The molecule has 114 valence electrons. The lowest BCUT2D eigenvalue weighted by Crippen LogP contribution is -2.15. The molecule has 0 N–H and O–H groups in total. The minimum absolute atomic E-state index is 0.0542. The number of methoxy groups -OCH3 is 1. The molecule has 0 saturated heterocycles. The maximum atomic E-state index is 12.1. The van der Waals surface area contributed by atoms with Crippen molar-refractivity contribution in [2.75, 3.05) is 7.11 Å². The molecule has 0 bridgehead atoms. The summed E-state index contributed by atoms with van der Waals surface area (Å²) < 4.78 is 4.82. The standard InChI is InChI=1S/C15H11Cl2NO4/c1-22-15(19)14(10-4-7-12(16)13(17)8-10)9-2-5-11(6-3-9)18(20)21/h2-8,14H,1H3. The number of nitro benzene ring substituents is 1. The minimum Gasteiger partial charge on any atom is -0.468 e. The van der Waals surface area contributed by atoms with E-state index < -0.39 is 16.8 Å². The zero-order valence-electron chi connectivity index (χ0n) is 11.5. The molecule has 0 amide bonds. The first-order valence-corrected chi connectivity index (χ1v) is 6.96. The molecule has 0 aliphatic heterocycles. The lowest BCUT2D eigenvalue weighted by Gasteiger charge is -2.16. The normalized spacial score (nSPS) is 11.8. The molecule has 0 aliphatic carbocycles. The maximum absolute atomic E-state index is 12.1. The van der Waals surface area contributed by atoms with Gasteiger partial charge in [-0.15, -0.1) is 0 Å². The van der Waals surface area contributed by atoms with Crippen LogP contribution in [0.3, 0.4) is 0 Å². The Morgan fingerprint density at radius 1 is 1.09 bits per heavy atom. The molecule has 0 radical (unpaired) electrons. The Bertz CT molecular complexity index is 716. The Morgan fingerprint density at radius 3 is 2.18 bits per heavy atom. The van der Waals surface area contributed by atoms with Gasteiger partial charge in [0.15, 0.2) is 0 Å². The molecular weight excluding hydrogens is 329 g/mol. The number of carbonyl (C=O) groups is 1. The van der Waals surface area contributed by atoms with Gasteiger partial charge in [-0.05, 0) is 23.3 Å². The van der Waals surface area contributed by atoms with Gasteiger partial charge in [0.2, 0.25) is 0 Å². The van der Waals surface area contributed by atoms with Crippen LogP contribution < -0.4 is 0 Å². The van der Waals surface area contributed by atoms with Crippen LogP contribution in [0, 0.1) is 10.1 Å². The molecule has 0 spiro atoms. The summed E-state index contributed by atoms with van der Waals surface area (Å²) in [6.45, 7) is 0. The molecule has 0 aromatic heterocycles. The van der Waals surface area contributed by atoms with Crippen LogP contribution in [-0.4, -0.2) is 18.0 Å². The monoisotopic (exact) mass is 339 g/mol. The van der Waals surface area contributed by atoms with E-state index in [1.165, 1.54) is 31.4 Å². The van der Waals surface area contributed by atoms with Gasteiger partial charge in [-0.25, -0.2) is 0 Å². The van der Waals surface area contributed by atoms with E-state index in [2.05, 4.69) is 0 Å². The Balaban J connectivity index is 2.48. The van der Waals surface area contributed by atoms with Gasteiger partial charge in [0.1, 0.15) is 5.92 Å². The largest absolute Gasteiger partial charge is 0.468 e.